The van der Waals surface area contributed by atoms with Gasteiger partial charge in [0.1, 0.15) is 17.8 Å². The van der Waals surface area contributed by atoms with Crippen molar-refractivity contribution in [2.75, 3.05) is 0 Å². The zero-order valence-electron chi connectivity index (χ0n) is 69.5. The Morgan fingerprint density at radius 2 is 0.790 bits per heavy atom. The molecule has 12 aromatic carbocycles. The number of allylic oxidation sites excluding steroid dienone is 2. The van der Waals surface area contributed by atoms with Gasteiger partial charge in [-0.05, 0) is 242 Å². The Morgan fingerprint density at radius 1 is 0.363 bits per heavy atom. The third-order valence-electron chi connectivity index (χ3n) is 18.6. The number of Topliss-reactive ketones (excluding diaryl/α,β-unsaturated/α-hetero) is 3. The van der Waals surface area contributed by atoms with Crippen molar-refractivity contribution in [3.05, 3.63) is 421 Å². The fraction of sp³-hybridized carbons (Fsp3) is 0.0857. The van der Waals surface area contributed by atoms with Crippen LogP contribution in [0.5, 0.6) is 5.75 Å². The third kappa shape index (κ3) is 27.7. The number of aliphatic imine (C=N–C) groups is 1. The van der Waals surface area contributed by atoms with Crippen molar-refractivity contribution >= 4 is 159 Å². The molecule has 0 aliphatic carbocycles. The first-order valence-electron chi connectivity index (χ1n) is 39.7. The number of thiazole rings is 1. The average molecular weight is 1770 g/mol. The fourth-order valence-corrected chi connectivity index (χ4v) is 19.2. The molecule has 0 radical (unpaired) electrons. The highest BCUT2D eigenvalue weighted by Crippen LogP contribution is 2.40. The number of ketones is 3. The molecule has 614 valence electrons. The first-order valence-corrected chi connectivity index (χ1v) is 46.2. The van der Waals surface area contributed by atoms with E-state index in [4.69, 9.17) is 4.74 Å². The van der Waals surface area contributed by atoms with Crippen LogP contribution >= 0.6 is 93.7 Å². The third-order valence-corrected chi connectivity index (χ3v) is 26.6. The van der Waals surface area contributed by atoms with Crippen LogP contribution in [0.1, 0.15) is 92.1 Å². The summed E-state index contributed by atoms with van der Waals surface area (Å²) < 4.78 is 7.93. The summed E-state index contributed by atoms with van der Waals surface area (Å²) in [7, 11) is 0. The van der Waals surface area contributed by atoms with Gasteiger partial charge in [-0.1, -0.05) is 251 Å². The normalized spacial score (nSPS) is 11.4. The number of para-hydroxylation sites is 3. The number of aryl methyl sites for hydroxylation is 4. The summed E-state index contributed by atoms with van der Waals surface area (Å²) in [5, 5.41) is 3.49. The van der Waals surface area contributed by atoms with E-state index >= 15 is 0 Å². The molecular formula is C105H87N7O4S8. The summed E-state index contributed by atoms with van der Waals surface area (Å²) in [6, 6.07) is 104. The SMILES string of the molecule is C=C1C=C(C)c2ccc(Sc3ccc(C(C)=O)cc3)cc2O1.CC(=O)c1ccc(SC2=Nc3ccccc3C2)cc1.CC(=O)c1ccc(Sc2nc3ccccc3s2)cc1.Cc1ccc(Sc2ccc3ncccc3c2)cc1.Cc1ccc(Sc2cccnc2)cc1.Cc1ccc(Sc2cnc3ccccc3c2)cc1.Cc1ccc(Sc2cncnc2)cc1. The van der Waals surface area contributed by atoms with Crippen molar-refractivity contribution in [1.82, 2.24) is 29.9 Å². The van der Waals surface area contributed by atoms with Crippen LogP contribution in [-0.2, 0) is 6.42 Å². The van der Waals surface area contributed by atoms with Crippen LogP contribution in [0.25, 0.3) is 37.6 Å². The highest BCUT2D eigenvalue weighted by Gasteiger charge is 2.17. The summed E-state index contributed by atoms with van der Waals surface area (Å²) in [6.45, 7) is 19.0. The molecule has 0 atom stereocenters. The number of hydrogen-bond donors (Lipinski definition) is 0. The zero-order chi connectivity index (χ0) is 86.5. The number of thioether (sulfide) groups is 1. The van der Waals surface area contributed by atoms with E-state index in [9.17, 15) is 14.4 Å². The minimum absolute atomic E-state index is 0.0829. The van der Waals surface area contributed by atoms with Crippen LogP contribution in [-0.4, -0.2) is 52.3 Å². The van der Waals surface area contributed by atoms with Crippen molar-refractivity contribution in [2.24, 2.45) is 4.99 Å². The number of carbonyl (C=O) groups is 3. The monoisotopic (exact) mass is 1770 g/mol. The van der Waals surface area contributed by atoms with Crippen molar-refractivity contribution in [3.8, 4) is 5.75 Å². The average Bonchev–Trinajstić information content (AvgIpc) is 0.856. The molecule has 124 heavy (non-hydrogen) atoms. The van der Waals surface area contributed by atoms with Crippen LogP contribution in [0.15, 0.2) is 439 Å². The lowest BCUT2D eigenvalue weighted by Crippen LogP contribution is -2.00. The van der Waals surface area contributed by atoms with Crippen molar-refractivity contribution < 1.29 is 19.1 Å². The Morgan fingerprint density at radius 3 is 1.33 bits per heavy atom. The molecule has 0 fully saturated rings. The van der Waals surface area contributed by atoms with Gasteiger partial charge in [-0.2, -0.15) is 0 Å². The highest BCUT2D eigenvalue weighted by atomic mass is 32.2. The largest absolute Gasteiger partial charge is 0.457 e. The first-order chi connectivity index (χ1) is 60.3. The van der Waals surface area contributed by atoms with Gasteiger partial charge >= 0.3 is 0 Å². The Kier molecular flexibility index (Phi) is 32.9. The number of benzene rings is 12. The second kappa shape index (κ2) is 45.4. The molecule has 0 spiro atoms. The van der Waals surface area contributed by atoms with E-state index in [1.165, 1.54) is 77.6 Å². The number of carbonyl (C=O) groups excluding carboxylic acids is 3. The van der Waals surface area contributed by atoms with E-state index in [0.717, 1.165) is 96.1 Å². The van der Waals surface area contributed by atoms with E-state index in [1.54, 1.807) is 127 Å². The summed E-state index contributed by atoms with van der Waals surface area (Å²) in [5.41, 5.74) is 15.1. The predicted octanol–water partition coefficient (Wildman–Crippen LogP) is 30.1. The van der Waals surface area contributed by atoms with Gasteiger partial charge in [0.2, 0.25) is 0 Å². The second-order valence-corrected chi connectivity index (χ2v) is 37.7. The van der Waals surface area contributed by atoms with Gasteiger partial charge in [0, 0.05) is 135 Å². The van der Waals surface area contributed by atoms with Crippen LogP contribution in [0.2, 0.25) is 0 Å². The Bertz CT molecular complexity index is 6300. The maximum atomic E-state index is 11.3. The molecule has 2 aliphatic rings. The summed E-state index contributed by atoms with van der Waals surface area (Å²) in [6.07, 6.45) is 15.4. The fourth-order valence-electron chi connectivity index (χ4n) is 12.1. The van der Waals surface area contributed by atoms with Crippen molar-refractivity contribution in [1.29, 1.82) is 0 Å². The van der Waals surface area contributed by atoms with Gasteiger partial charge in [0.15, 0.2) is 21.7 Å². The van der Waals surface area contributed by atoms with Crippen molar-refractivity contribution in [3.63, 3.8) is 0 Å². The van der Waals surface area contributed by atoms with E-state index in [2.05, 4.69) is 240 Å². The highest BCUT2D eigenvalue weighted by molar-refractivity contribution is 8.14. The van der Waals surface area contributed by atoms with Gasteiger partial charge in [0.25, 0.3) is 0 Å². The first kappa shape index (κ1) is 89.7. The van der Waals surface area contributed by atoms with Gasteiger partial charge in [-0.15, -0.1) is 11.3 Å². The number of hydrogen-bond acceptors (Lipinski definition) is 19. The van der Waals surface area contributed by atoms with Crippen LogP contribution < -0.4 is 4.74 Å². The topological polar surface area (TPSA) is 150 Å². The molecule has 0 amide bonds. The molecule has 19 heteroatoms. The second-order valence-electron chi connectivity index (χ2n) is 28.5. The molecule has 0 bridgehead atoms. The maximum Gasteiger partial charge on any atom is 0.159 e. The molecule has 0 unspecified atom stereocenters. The molecule has 2 aliphatic heterocycles. The molecule has 0 saturated carbocycles. The number of nitrogens with zero attached hydrogens (tertiary/aromatic N) is 7. The smallest absolute Gasteiger partial charge is 0.159 e. The number of pyridine rings is 3. The molecule has 11 nitrogen and oxygen atoms in total. The molecule has 5 aromatic heterocycles. The van der Waals surface area contributed by atoms with Gasteiger partial charge in [-0.25, -0.2) is 19.9 Å². The lowest BCUT2D eigenvalue weighted by molar-refractivity contribution is 0.100. The molecule has 0 saturated heterocycles. The minimum Gasteiger partial charge on any atom is -0.457 e. The van der Waals surface area contributed by atoms with Gasteiger partial charge < -0.3 is 4.74 Å². The zero-order valence-corrected chi connectivity index (χ0v) is 76.0. The van der Waals surface area contributed by atoms with E-state index in [-0.39, 0.29) is 17.3 Å². The molecule has 19 rings (SSSR count). The summed E-state index contributed by atoms with van der Waals surface area (Å²) >= 11 is 13.6. The van der Waals surface area contributed by atoms with E-state index < -0.39 is 0 Å². The van der Waals surface area contributed by atoms with Gasteiger partial charge in [-0.3, -0.25) is 29.3 Å². The Balaban J connectivity index is 0.000000125. The molecule has 7 heterocycles. The minimum atomic E-state index is 0.0829. The van der Waals surface area contributed by atoms with E-state index in [0.29, 0.717) is 5.76 Å². The molecular weight excluding hydrogens is 1680 g/mol. The van der Waals surface area contributed by atoms with Crippen LogP contribution in [0, 0.1) is 27.7 Å². The molecule has 0 N–H and O–H groups in total. The van der Waals surface area contributed by atoms with Gasteiger partial charge in [0.05, 0.1) is 32.0 Å². The Hall–Kier alpha value is -12.0. The summed E-state index contributed by atoms with van der Waals surface area (Å²) in [4.78, 5) is 77.8. The predicted molar refractivity (Wildman–Crippen MR) is 521 cm³/mol. The number of fused-ring (bicyclic) bond motifs is 5. The number of rotatable bonds is 16. The Labute approximate surface area is 758 Å². The quantitative estimate of drug-likeness (QED) is 0.0843. The molecule has 17 aromatic rings. The lowest BCUT2D eigenvalue weighted by Gasteiger charge is -2.18. The maximum absolute atomic E-state index is 11.3. The number of ether oxygens (including phenoxy) is 1. The lowest BCUT2D eigenvalue weighted by atomic mass is 10.0. The standard InChI is InChI=1S/C19H16O2S.C16H13NOS.2C16H13NS.C15H11NOS2.C12H11NS.C11H10N2S/c1-12-10-13(2)21-19-11-17(8-9-18(12)19)22-16-6-4-15(5-7-16)14(3)20;1-11(18)12-6-8-14(9-7-12)19-16-10-13-4-2-3-5-15(13)17-16;1-12-4-6-14(7-5-12)18-15-8-9-16-13(11-15)3-2-10-17-16;1-12-6-8-14(9-7-12)18-15-10-13-4-2-3-5-16(13)17-11-15;1-10(17)11-6-8-12(9-7-11)18-15-16-13-4-2-3-5-14(13)19-15;1-10-4-6-11(7-5-10)14-12-3-2-8-13-9-12;1-9-2-4-10(5-3-9)14-11-6-12-8-13-7-11/h4-11H,2H2,1,3H3;2-9H,10H2,1H3;2*2-11H,1H3;2-9H,1H3;2-9H,1H3;2-8H,1H3. The summed E-state index contributed by atoms with van der Waals surface area (Å²) in [5.74, 6) is 1.78. The number of aromatic nitrogens is 6. The van der Waals surface area contributed by atoms with E-state index in [1.807, 2.05) is 183 Å². The van der Waals surface area contributed by atoms with Crippen LogP contribution in [0.3, 0.4) is 0 Å². The van der Waals surface area contributed by atoms with Crippen molar-refractivity contribution in [2.45, 2.75) is 125 Å². The van der Waals surface area contributed by atoms with Crippen LogP contribution in [0.4, 0.5) is 5.69 Å².